The van der Waals surface area contributed by atoms with E-state index in [1.54, 1.807) is 7.11 Å². The van der Waals surface area contributed by atoms with Crippen LogP contribution in [0.1, 0.15) is 11.1 Å². The average Bonchev–Trinajstić information content (AvgIpc) is 2.92. The summed E-state index contributed by atoms with van der Waals surface area (Å²) in [6.07, 6.45) is 2.21. The zero-order valence-corrected chi connectivity index (χ0v) is 12.6. The number of hydrogen-bond donors (Lipinski definition) is 2. The number of nitrogens with one attached hydrogen (secondary N) is 2. The highest BCUT2D eigenvalue weighted by Gasteiger charge is 2.11. The fourth-order valence-electron chi connectivity index (χ4n) is 2.55. The van der Waals surface area contributed by atoms with Gasteiger partial charge in [0.1, 0.15) is 5.75 Å². The van der Waals surface area contributed by atoms with E-state index in [2.05, 4.69) is 10.3 Å². The lowest BCUT2D eigenvalue weighted by molar-refractivity contribution is -0.115. The smallest absolute Gasteiger partial charge is 0.228 e. The average molecular weight is 294 g/mol. The Kier molecular flexibility index (Phi) is 3.83. The second-order valence-corrected chi connectivity index (χ2v) is 5.29. The molecule has 1 aromatic heterocycles. The summed E-state index contributed by atoms with van der Waals surface area (Å²) in [6.45, 7) is 1.99. The highest BCUT2D eigenvalue weighted by Crippen LogP contribution is 2.26. The monoisotopic (exact) mass is 294 g/mol. The van der Waals surface area contributed by atoms with Crippen LogP contribution in [-0.4, -0.2) is 18.0 Å². The minimum atomic E-state index is -0.0630. The number of ether oxygens (including phenoxy) is 1. The van der Waals surface area contributed by atoms with E-state index in [0.29, 0.717) is 17.9 Å². The molecule has 0 aliphatic carbocycles. The molecule has 22 heavy (non-hydrogen) atoms. The molecule has 112 valence electrons. The second kappa shape index (κ2) is 5.93. The number of benzene rings is 2. The zero-order chi connectivity index (χ0) is 15.5. The largest absolute Gasteiger partial charge is 0.495 e. The molecule has 4 heteroatoms. The third-order valence-corrected chi connectivity index (χ3v) is 3.66. The van der Waals surface area contributed by atoms with Gasteiger partial charge in [0.05, 0.1) is 19.2 Å². The van der Waals surface area contributed by atoms with Crippen LogP contribution in [-0.2, 0) is 11.2 Å². The van der Waals surface area contributed by atoms with Gasteiger partial charge >= 0.3 is 0 Å². The Morgan fingerprint density at radius 2 is 2.05 bits per heavy atom. The van der Waals surface area contributed by atoms with Crippen molar-refractivity contribution in [3.05, 3.63) is 59.8 Å². The van der Waals surface area contributed by atoms with Gasteiger partial charge in [0.15, 0.2) is 0 Å². The summed E-state index contributed by atoms with van der Waals surface area (Å²) in [7, 11) is 1.60. The van der Waals surface area contributed by atoms with Crippen molar-refractivity contribution in [3.8, 4) is 5.75 Å². The summed E-state index contributed by atoms with van der Waals surface area (Å²) < 4.78 is 5.31. The molecule has 0 radical (unpaired) electrons. The van der Waals surface area contributed by atoms with Crippen molar-refractivity contribution in [1.82, 2.24) is 4.98 Å². The van der Waals surface area contributed by atoms with Crippen molar-refractivity contribution in [2.24, 2.45) is 0 Å². The van der Waals surface area contributed by atoms with Gasteiger partial charge in [-0.2, -0.15) is 0 Å². The number of aromatic nitrogens is 1. The summed E-state index contributed by atoms with van der Waals surface area (Å²) >= 11 is 0. The maximum atomic E-state index is 12.3. The molecule has 1 heterocycles. The van der Waals surface area contributed by atoms with Crippen LogP contribution in [0, 0.1) is 6.92 Å². The number of methoxy groups -OCH3 is 1. The molecule has 3 aromatic rings. The van der Waals surface area contributed by atoms with Gasteiger partial charge < -0.3 is 15.0 Å². The molecule has 2 N–H and O–H groups in total. The first kappa shape index (κ1) is 14.2. The van der Waals surface area contributed by atoms with Crippen molar-refractivity contribution in [2.75, 3.05) is 12.4 Å². The number of anilines is 1. The molecule has 0 bridgehead atoms. The predicted octanol–water partition coefficient (Wildman–Crippen LogP) is 3.67. The van der Waals surface area contributed by atoms with Crippen LogP contribution < -0.4 is 10.1 Å². The van der Waals surface area contributed by atoms with Crippen LogP contribution >= 0.6 is 0 Å². The molecule has 0 atom stereocenters. The van der Waals surface area contributed by atoms with Gasteiger partial charge in [0.25, 0.3) is 0 Å². The standard InChI is InChI=1S/C18H18N2O2/c1-12-7-8-16(17(9-12)22-2)20-18(21)10-13-11-19-15-6-4-3-5-14(13)15/h3-9,11,19H,10H2,1-2H3,(H,20,21). The third kappa shape index (κ3) is 2.81. The lowest BCUT2D eigenvalue weighted by Crippen LogP contribution is -2.14. The highest BCUT2D eigenvalue weighted by molar-refractivity contribution is 5.96. The maximum absolute atomic E-state index is 12.3. The summed E-state index contributed by atoms with van der Waals surface area (Å²) in [5, 5.41) is 3.99. The Bertz CT molecular complexity index is 821. The number of amides is 1. The molecule has 0 aliphatic heterocycles. The van der Waals surface area contributed by atoms with Crippen LogP contribution in [0.4, 0.5) is 5.69 Å². The first-order chi connectivity index (χ1) is 10.7. The van der Waals surface area contributed by atoms with Crippen molar-refractivity contribution >= 4 is 22.5 Å². The Balaban J connectivity index is 1.78. The minimum absolute atomic E-state index is 0.0630. The number of rotatable bonds is 4. The number of hydrogen-bond acceptors (Lipinski definition) is 2. The summed E-state index contributed by atoms with van der Waals surface area (Å²) in [5.74, 6) is 0.610. The lowest BCUT2D eigenvalue weighted by Gasteiger charge is -2.10. The molecule has 0 spiro atoms. The van der Waals surface area contributed by atoms with Gasteiger partial charge in [-0.15, -0.1) is 0 Å². The fraction of sp³-hybridized carbons (Fsp3) is 0.167. The first-order valence-electron chi connectivity index (χ1n) is 7.17. The van der Waals surface area contributed by atoms with Crippen molar-refractivity contribution in [2.45, 2.75) is 13.3 Å². The molecule has 3 rings (SSSR count). The SMILES string of the molecule is COc1cc(C)ccc1NC(=O)Cc1c[nH]c2ccccc12. The molecule has 0 saturated heterocycles. The zero-order valence-electron chi connectivity index (χ0n) is 12.6. The van der Waals surface area contributed by atoms with Crippen LogP contribution in [0.2, 0.25) is 0 Å². The van der Waals surface area contributed by atoms with Crippen molar-refractivity contribution in [3.63, 3.8) is 0 Å². The van der Waals surface area contributed by atoms with E-state index in [9.17, 15) is 4.79 Å². The number of H-pyrrole nitrogens is 1. The number of carbonyl (C=O) groups excluding carboxylic acids is 1. The van der Waals surface area contributed by atoms with Crippen LogP contribution in [0.5, 0.6) is 5.75 Å². The number of aromatic amines is 1. The van der Waals surface area contributed by atoms with E-state index >= 15 is 0 Å². The maximum Gasteiger partial charge on any atom is 0.228 e. The summed E-state index contributed by atoms with van der Waals surface area (Å²) in [5.41, 5.74) is 3.81. The van der Waals surface area contributed by atoms with E-state index in [4.69, 9.17) is 4.74 Å². The Labute approximate surface area is 129 Å². The van der Waals surface area contributed by atoms with Gasteiger partial charge in [0.2, 0.25) is 5.91 Å². The molecule has 0 aliphatic rings. The molecule has 4 nitrogen and oxygen atoms in total. The number of aryl methyl sites for hydroxylation is 1. The van der Waals surface area contributed by atoms with E-state index < -0.39 is 0 Å². The molecule has 2 aromatic carbocycles. The third-order valence-electron chi connectivity index (χ3n) is 3.66. The van der Waals surface area contributed by atoms with Gasteiger partial charge in [0, 0.05) is 17.1 Å². The molecule has 0 saturated carbocycles. The van der Waals surface area contributed by atoms with Gasteiger partial charge in [-0.1, -0.05) is 24.3 Å². The van der Waals surface area contributed by atoms with Gasteiger partial charge in [-0.3, -0.25) is 4.79 Å². The summed E-state index contributed by atoms with van der Waals surface area (Å²) in [6, 6.07) is 13.7. The predicted molar refractivity (Wildman–Crippen MR) is 88.4 cm³/mol. The van der Waals surface area contributed by atoms with Crippen LogP contribution in [0.25, 0.3) is 10.9 Å². The van der Waals surface area contributed by atoms with Crippen LogP contribution in [0.15, 0.2) is 48.7 Å². The lowest BCUT2D eigenvalue weighted by atomic mass is 10.1. The molecule has 1 amide bonds. The number of fused-ring (bicyclic) bond motifs is 1. The first-order valence-corrected chi connectivity index (χ1v) is 7.17. The molecule has 0 unspecified atom stereocenters. The minimum Gasteiger partial charge on any atom is -0.495 e. The topological polar surface area (TPSA) is 54.1 Å². The van der Waals surface area contributed by atoms with Gasteiger partial charge in [-0.05, 0) is 36.2 Å². The fourth-order valence-corrected chi connectivity index (χ4v) is 2.55. The Morgan fingerprint density at radius 3 is 2.86 bits per heavy atom. The number of carbonyl (C=O) groups is 1. The van der Waals surface area contributed by atoms with Crippen molar-refractivity contribution in [1.29, 1.82) is 0 Å². The summed E-state index contributed by atoms with van der Waals surface area (Å²) in [4.78, 5) is 15.5. The quantitative estimate of drug-likeness (QED) is 0.771. The Hall–Kier alpha value is -2.75. The van der Waals surface area contributed by atoms with E-state index in [0.717, 1.165) is 22.0 Å². The molecular weight excluding hydrogens is 276 g/mol. The normalized spacial score (nSPS) is 10.6. The van der Waals surface area contributed by atoms with E-state index in [1.165, 1.54) is 0 Å². The van der Waals surface area contributed by atoms with E-state index in [1.807, 2.05) is 55.6 Å². The van der Waals surface area contributed by atoms with Crippen molar-refractivity contribution < 1.29 is 9.53 Å². The second-order valence-electron chi connectivity index (χ2n) is 5.29. The molecular formula is C18H18N2O2. The highest BCUT2D eigenvalue weighted by atomic mass is 16.5. The van der Waals surface area contributed by atoms with E-state index in [-0.39, 0.29) is 5.91 Å². The van der Waals surface area contributed by atoms with Gasteiger partial charge in [-0.25, -0.2) is 0 Å². The number of para-hydroxylation sites is 1. The molecule has 0 fully saturated rings. The van der Waals surface area contributed by atoms with Crippen LogP contribution in [0.3, 0.4) is 0 Å². The Morgan fingerprint density at radius 1 is 1.23 bits per heavy atom.